The summed E-state index contributed by atoms with van der Waals surface area (Å²) >= 11 is 0. The predicted octanol–water partition coefficient (Wildman–Crippen LogP) is 1.46. The molecule has 1 unspecified atom stereocenters. The molecule has 0 radical (unpaired) electrons. The molecular weight excluding hydrogens is 242 g/mol. The minimum Gasteiger partial charge on any atom is -0.478 e. The maximum atomic E-state index is 11.9. The fourth-order valence-corrected chi connectivity index (χ4v) is 2.58. The molecule has 0 aliphatic carbocycles. The predicted molar refractivity (Wildman–Crippen MR) is 63.5 cm³/mol. The highest BCUT2D eigenvalue weighted by Crippen LogP contribution is 2.12. The Bertz CT molecular complexity index is 510. The summed E-state index contributed by atoms with van der Waals surface area (Å²) in [5.41, 5.74) is -0.0444. The Balaban J connectivity index is 3.07. The molecule has 1 rings (SSSR count). The number of benzene rings is 1. The fourth-order valence-electron chi connectivity index (χ4n) is 1.21. The summed E-state index contributed by atoms with van der Waals surface area (Å²) in [5, 5.41) is 8.79. The second kappa shape index (κ2) is 5.29. The van der Waals surface area contributed by atoms with Gasteiger partial charge >= 0.3 is 5.97 Å². The van der Waals surface area contributed by atoms with E-state index < -0.39 is 16.0 Å². The van der Waals surface area contributed by atoms with Gasteiger partial charge in [0.15, 0.2) is 0 Å². The highest BCUT2D eigenvalue weighted by Gasteiger charge is 2.17. The molecule has 0 aliphatic rings. The van der Waals surface area contributed by atoms with Crippen molar-refractivity contribution in [2.24, 2.45) is 0 Å². The van der Waals surface area contributed by atoms with Gasteiger partial charge in [-0.3, -0.25) is 0 Å². The van der Waals surface area contributed by atoms with Crippen molar-refractivity contribution in [3.8, 4) is 0 Å². The van der Waals surface area contributed by atoms with Crippen LogP contribution in [0.4, 0.5) is 0 Å². The minimum atomic E-state index is -3.64. The maximum Gasteiger partial charge on any atom is 0.335 e. The first-order chi connectivity index (χ1) is 7.86. The number of rotatable bonds is 5. The molecule has 0 bridgehead atoms. The third-order valence-electron chi connectivity index (χ3n) is 2.36. The van der Waals surface area contributed by atoms with E-state index in [0.29, 0.717) is 6.42 Å². The van der Waals surface area contributed by atoms with Gasteiger partial charge in [-0.25, -0.2) is 17.9 Å². The van der Waals surface area contributed by atoms with Crippen molar-refractivity contribution in [1.82, 2.24) is 4.72 Å². The van der Waals surface area contributed by atoms with Gasteiger partial charge in [0, 0.05) is 6.04 Å². The first-order valence-electron chi connectivity index (χ1n) is 5.22. The summed E-state index contributed by atoms with van der Waals surface area (Å²) in [6.45, 7) is 3.61. The summed E-state index contributed by atoms with van der Waals surface area (Å²) in [4.78, 5) is 10.7. The van der Waals surface area contributed by atoms with E-state index >= 15 is 0 Å². The van der Waals surface area contributed by atoms with Crippen molar-refractivity contribution in [1.29, 1.82) is 0 Å². The van der Waals surface area contributed by atoms with Crippen molar-refractivity contribution in [3.63, 3.8) is 0 Å². The monoisotopic (exact) mass is 257 g/mol. The van der Waals surface area contributed by atoms with Gasteiger partial charge in [-0.2, -0.15) is 0 Å². The molecule has 0 heterocycles. The van der Waals surface area contributed by atoms with Crippen LogP contribution in [0.3, 0.4) is 0 Å². The Morgan fingerprint density at radius 3 is 2.65 bits per heavy atom. The molecule has 17 heavy (non-hydrogen) atoms. The number of sulfonamides is 1. The maximum absolute atomic E-state index is 11.9. The van der Waals surface area contributed by atoms with E-state index in [1.54, 1.807) is 6.92 Å². The van der Waals surface area contributed by atoms with E-state index in [9.17, 15) is 13.2 Å². The number of carbonyl (C=O) groups is 1. The molecule has 0 saturated heterocycles. The van der Waals surface area contributed by atoms with Gasteiger partial charge in [-0.05, 0) is 31.5 Å². The number of hydrogen-bond donors (Lipinski definition) is 2. The van der Waals surface area contributed by atoms with Crippen LogP contribution in [0.1, 0.15) is 30.6 Å². The normalized spacial score (nSPS) is 13.3. The molecule has 1 aromatic rings. The molecule has 0 aliphatic heterocycles. The first-order valence-corrected chi connectivity index (χ1v) is 6.71. The Morgan fingerprint density at radius 2 is 2.12 bits per heavy atom. The highest BCUT2D eigenvalue weighted by atomic mass is 32.2. The standard InChI is InChI=1S/C11H15NO4S/c1-3-8(2)12-17(15,16)10-6-4-5-9(7-10)11(13)14/h4-8,12H,3H2,1-2H3,(H,13,14). The zero-order chi connectivity index (χ0) is 13.1. The molecule has 0 aromatic heterocycles. The Labute approximate surface area is 101 Å². The Morgan fingerprint density at radius 1 is 1.47 bits per heavy atom. The summed E-state index contributed by atoms with van der Waals surface area (Å²) in [7, 11) is -3.64. The van der Waals surface area contributed by atoms with Gasteiger partial charge in [-0.15, -0.1) is 0 Å². The molecule has 1 aromatic carbocycles. The molecule has 2 N–H and O–H groups in total. The van der Waals surface area contributed by atoms with E-state index in [2.05, 4.69) is 4.72 Å². The molecule has 0 spiro atoms. The van der Waals surface area contributed by atoms with Crippen LogP contribution >= 0.6 is 0 Å². The van der Waals surface area contributed by atoms with Crippen molar-refractivity contribution in [2.75, 3.05) is 0 Å². The van der Waals surface area contributed by atoms with Gasteiger partial charge in [0.25, 0.3) is 0 Å². The minimum absolute atomic E-state index is 0.0299. The van der Waals surface area contributed by atoms with Crippen LogP contribution in [-0.4, -0.2) is 25.5 Å². The molecule has 0 fully saturated rings. The van der Waals surface area contributed by atoms with Gasteiger partial charge < -0.3 is 5.11 Å². The third-order valence-corrected chi connectivity index (χ3v) is 3.95. The molecule has 0 saturated carbocycles. The van der Waals surface area contributed by atoms with Crippen LogP contribution in [0.15, 0.2) is 29.2 Å². The van der Waals surface area contributed by atoms with Gasteiger partial charge in [0.2, 0.25) is 10.0 Å². The lowest BCUT2D eigenvalue weighted by molar-refractivity contribution is 0.0696. The SMILES string of the molecule is CCC(C)NS(=O)(=O)c1cccc(C(=O)O)c1. The van der Waals surface area contributed by atoms with E-state index in [4.69, 9.17) is 5.11 Å². The summed E-state index contributed by atoms with van der Waals surface area (Å²) < 4.78 is 26.2. The summed E-state index contributed by atoms with van der Waals surface area (Å²) in [6, 6.07) is 5.09. The zero-order valence-corrected chi connectivity index (χ0v) is 10.5. The lowest BCUT2D eigenvalue weighted by Gasteiger charge is -2.12. The molecular formula is C11H15NO4S. The number of nitrogens with one attached hydrogen (secondary N) is 1. The molecule has 5 nitrogen and oxygen atoms in total. The lowest BCUT2D eigenvalue weighted by Crippen LogP contribution is -2.32. The highest BCUT2D eigenvalue weighted by molar-refractivity contribution is 7.89. The third kappa shape index (κ3) is 3.54. The number of carboxylic acids is 1. The largest absolute Gasteiger partial charge is 0.478 e. The second-order valence-corrected chi connectivity index (χ2v) is 5.48. The van der Waals surface area contributed by atoms with E-state index in [1.807, 2.05) is 6.92 Å². The number of hydrogen-bond acceptors (Lipinski definition) is 3. The van der Waals surface area contributed by atoms with Gasteiger partial charge in [0.1, 0.15) is 0 Å². The van der Waals surface area contributed by atoms with Gasteiger partial charge in [0.05, 0.1) is 10.5 Å². The fraction of sp³-hybridized carbons (Fsp3) is 0.364. The Kier molecular flexibility index (Phi) is 4.25. The number of carboxylic acid groups (broad SMARTS) is 1. The first kappa shape index (κ1) is 13.7. The van der Waals surface area contributed by atoms with E-state index in [1.165, 1.54) is 18.2 Å². The zero-order valence-electron chi connectivity index (χ0n) is 9.67. The topological polar surface area (TPSA) is 83.5 Å². The van der Waals surface area contributed by atoms with Crippen LogP contribution in [0, 0.1) is 0 Å². The van der Waals surface area contributed by atoms with Crippen molar-refractivity contribution in [3.05, 3.63) is 29.8 Å². The molecule has 6 heteroatoms. The average molecular weight is 257 g/mol. The summed E-state index contributed by atoms with van der Waals surface area (Å²) in [6.07, 6.45) is 0.665. The van der Waals surface area contributed by atoms with E-state index in [-0.39, 0.29) is 16.5 Å². The van der Waals surface area contributed by atoms with Crippen LogP contribution in [0.25, 0.3) is 0 Å². The molecule has 0 amide bonds. The van der Waals surface area contributed by atoms with Crippen LogP contribution < -0.4 is 4.72 Å². The quantitative estimate of drug-likeness (QED) is 0.836. The van der Waals surface area contributed by atoms with Crippen LogP contribution in [-0.2, 0) is 10.0 Å². The van der Waals surface area contributed by atoms with Crippen LogP contribution in [0.5, 0.6) is 0 Å². The number of aromatic carboxylic acids is 1. The second-order valence-electron chi connectivity index (χ2n) is 3.76. The van der Waals surface area contributed by atoms with Crippen molar-refractivity contribution >= 4 is 16.0 Å². The van der Waals surface area contributed by atoms with E-state index in [0.717, 1.165) is 6.07 Å². The molecule has 1 atom stereocenters. The van der Waals surface area contributed by atoms with Crippen molar-refractivity contribution < 1.29 is 18.3 Å². The average Bonchev–Trinajstić information content (AvgIpc) is 2.28. The smallest absolute Gasteiger partial charge is 0.335 e. The van der Waals surface area contributed by atoms with Gasteiger partial charge in [-0.1, -0.05) is 13.0 Å². The molecule has 94 valence electrons. The van der Waals surface area contributed by atoms with Crippen LogP contribution in [0.2, 0.25) is 0 Å². The lowest BCUT2D eigenvalue weighted by atomic mass is 10.2. The summed E-state index contributed by atoms with van der Waals surface area (Å²) in [5.74, 6) is -1.15. The van der Waals surface area contributed by atoms with Crippen molar-refractivity contribution in [2.45, 2.75) is 31.2 Å². The Hall–Kier alpha value is -1.40.